The molecule has 3 rings (SSSR count). The van der Waals surface area contributed by atoms with Gasteiger partial charge in [0.1, 0.15) is 5.54 Å². The zero-order valence-electron chi connectivity index (χ0n) is 13.7. The third-order valence-electron chi connectivity index (χ3n) is 5.52. The van der Waals surface area contributed by atoms with Crippen molar-refractivity contribution in [3.63, 3.8) is 0 Å². The van der Waals surface area contributed by atoms with Gasteiger partial charge in [0.15, 0.2) is 0 Å². The number of aryl methyl sites for hydroxylation is 1. The Morgan fingerprint density at radius 3 is 2.61 bits per heavy atom. The second kappa shape index (κ2) is 5.60. The Morgan fingerprint density at radius 2 is 2.04 bits per heavy atom. The van der Waals surface area contributed by atoms with Gasteiger partial charge in [-0.05, 0) is 38.8 Å². The molecule has 6 nitrogen and oxygen atoms in total. The van der Waals surface area contributed by atoms with E-state index in [2.05, 4.69) is 0 Å². The van der Waals surface area contributed by atoms with Crippen molar-refractivity contribution in [3.8, 4) is 0 Å². The van der Waals surface area contributed by atoms with Gasteiger partial charge < -0.3 is 4.74 Å². The topological polar surface area (TPSA) is 72.7 Å². The molecule has 2 aliphatic rings. The highest BCUT2D eigenvalue weighted by molar-refractivity contribution is 5.83. The maximum absolute atomic E-state index is 12.6. The van der Waals surface area contributed by atoms with E-state index in [0.717, 1.165) is 24.0 Å². The van der Waals surface area contributed by atoms with Gasteiger partial charge in [0.25, 0.3) is 0 Å². The fourth-order valence-corrected chi connectivity index (χ4v) is 4.47. The summed E-state index contributed by atoms with van der Waals surface area (Å²) in [5, 5.41) is 11.8. The minimum Gasteiger partial charge on any atom is -0.468 e. The van der Waals surface area contributed by atoms with Gasteiger partial charge in [-0.1, -0.05) is 29.8 Å². The first-order valence-electron chi connectivity index (χ1n) is 7.96. The normalized spacial score (nSPS) is 33.4. The molecule has 2 heterocycles. The fourth-order valence-electron chi connectivity index (χ4n) is 4.47. The highest BCUT2D eigenvalue weighted by Crippen LogP contribution is 2.50. The molecular weight excluding hydrogens is 296 g/mol. The summed E-state index contributed by atoms with van der Waals surface area (Å²) in [6, 6.07) is 6.69. The van der Waals surface area contributed by atoms with Crippen molar-refractivity contribution in [1.29, 1.82) is 0 Å². The number of benzene rings is 1. The minimum absolute atomic E-state index is 0.207. The molecule has 0 radical (unpaired) electrons. The molecule has 1 aromatic rings. The maximum atomic E-state index is 12.6. The standard InChI is InChI=1S/C17H22N2O4/c1-11-6-8-12(9-7-11)14-15(19(21)22)13-5-4-10-18(13)17(14,2)16(20)23-3/h6-9,13-15H,4-5,10H2,1-3H3. The molecule has 2 saturated heterocycles. The molecule has 4 atom stereocenters. The second-order valence-electron chi connectivity index (χ2n) is 6.71. The van der Waals surface area contributed by atoms with Crippen molar-refractivity contribution in [2.75, 3.05) is 13.7 Å². The molecule has 2 aliphatic heterocycles. The van der Waals surface area contributed by atoms with Crippen LogP contribution in [-0.2, 0) is 9.53 Å². The van der Waals surface area contributed by atoms with Gasteiger partial charge in [-0.15, -0.1) is 0 Å². The van der Waals surface area contributed by atoms with E-state index in [0.29, 0.717) is 6.54 Å². The Hall–Kier alpha value is -1.95. The lowest BCUT2D eigenvalue weighted by molar-refractivity contribution is -0.527. The van der Waals surface area contributed by atoms with Crippen molar-refractivity contribution in [2.24, 2.45) is 0 Å². The lowest BCUT2D eigenvalue weighted by Gasteiger charge is -2.35. The summed E-state index contributed by atoms with van der Waals surface area (Å²) in [5.41, 5.74) is 0.924. The van der Waals surface area contributed by atoms with Crippen LogP contribution in [0.3, 0.4) is 0 Å². The predicted molar refractivity (Wildman–Crippen MR) is 84.9 cm³/mol. The largest absolute Gasteiger partial charge is 0.468 e. The van der Waals surface area contributed by atoms with Crippen LogP contribution < -0.4 is 0 Å². The number of carbonyl (C=O) groups excluding carboxylic acids is 1. The van der Waals surface area contributed by atoms with Gasteiger partial charge in [-0.25, -0.2) is 0 Å². The summed E-state index contributed by atoms with van der Waals surface area (Å²) >= 11 is 0. The molecule has 0 bridgehead atoms. The number of hydrogen-bond acceptors (Lipinski definition) is 5. The summed E-state index contributed by atoms with van der Waals surface area (Å²) in [4.78, 5) is 26.2. The Labute approximate surface area is 135 Å². The minimum atomic E-state index is -0.997. The maximum Gasteiger partial charge on any atom is 0.326 e. The molecule has 0 aliphatic carbocycles. The number of nitro groups is 1. The lowest BCUT2D eigenvalue weighted by Crippen LogP contribution is -2.52. The van der Waals surface area contributed by atoms with Crippen molar-refractivity contribution in [1.82, 2.24) is 4.90 Å². The average Bonchev–Trinajstić information content (AvgIpc) is 3.09. The molecule has 23 heavy (non-hydrogen) atoms. The second-order valence-corrected chi connectivity index (χ2v) is 6.71. The van der Waals surface area contributed by atoms with E-state index in [-0.39, 0.29) is 16.9 Å². The first-order valence-corrected chi connectivity index (χ1v) is 7.96. The molecule has 4 unspecified atom stereocenters. The van der Waals surface area contributed by atoms with Crippen molar-refractivity contribution < 1.29 is 14.5 Å². The Bertz CT molecular complexity index is 630. The van der Waals surface area contributed by atoms with E-state index in [4.69, 9.17) is 4.74 Å². The average molecular weight is 318 g/mol. The van der Waals surface area contributed by atoms with Crippen LogP contribution in [0.4, 0.5) is 0 Å². The number of nitrogens with zero attached hydrogens (tertiary/aromatic N) is 2. The van der Waals surface area contributed by atoms with E-state index in [1.807, 2.05) is 36.1 Å². The lowest BCUT2D eigenvalue weighted by atomic mass is 9.77. The number of carbonyl (C=O) groups is 1. The SMILES string of the molecule is COC(=O)C1(C)C(c2ccc(C)cc2)C([N+](=O)[O-])C2CCCN21. The van der Waals surface area contributed by atoms with Crippen molar-refractivity contribution in [2.45, 2.75) is 50.2 Å². The molecule has 6 heteroatoms. The molecule has 0 aromatic heterocycles. The van der Waals surface area contributed by atoms with Gasteiger partial charge in [-0.2, -0.15) is 0 Å². The van der Waals surface area contributed by atoms with Crippen molar-refractivity contribution in [3.05, 3.63) is 45.5 Å². The molecule has 0 saturated carbocycles. The third-order valence-corrected chi connectivity index (χ3v) is 5.52. The zero-order chi connectivity index (χ0) is 16.8. The number of methoxy groups -OCH3 is 1. The Kier molecular flexibility index (Phi) is 3.88. The highest BCUT2D eigenvalue weighted by Gasteiger charge is 2.67. The summed E-state index contributed by atoms with van der Waals surface area (Å²) in [6.45, 7) is 4.47. The zero-order valence-corrected chi connectivity index (χ0v) is 13.7. The van der Waals surface area contributed by atoms with E-state index < -0.39 is 17.5 Å². The number of fused-ring (bicyclic) bond motifs is 1. The van der Waals surface area contributed by atoms with Crippen LogP contribution >= 0.6 is 0 Å². The first kappa shape index (κ1) is 15.9. The number of esters is 1. The van der Waals surface area contributed by atoms with E-state index in [1.54, 1.807) is 6.92 Å². The van der Waals surface area contributed by atoms with Gasteiger partial charge in [0.05, 0.1) is 19.1 Å². The molecule has 1 aromatic carbocycles. The summed E-state index contributed by atoms with van der Waals surface area (Å²) < 4.78 is 5.05. The van der Waals surface area contributed by atoms with Crippen LogP contribution in [0, 0.1) is 17.0 Å². The predicted octanol–water partition coefficient (Wildman–Crippen LogP) is 2.13. The molecule has 124 valence electrons. The fraction of sp³-hybridized carbons (Fsp3) is 0.588. The van der Waals surface area contributed by atoms with Crippen LogP contribution in [0.25, 0.3) is 0 Å². The third kappa shape index (κ3) is 2.24. The first-order chi connectivity index (χ1) is 10.9. The molecule has 0 N–H and O–H groups in total. The molecule has 0 spiro atoms. The Balaban J connectivity index is 2.15. The van der Waals surface area contributed by atoms with Crippen LogP contribution in [0.1, 0.15) is 36.8 Å². The summed E-state index contributed by atoms with van der Waals surface area (Å²) in [6.07, 6.45) is 1.63. The highest BCUT2D eigenvalue weighted by atomic mass is 16.6. The van der Waals surface area contributed by atoms with Gasteiger partial charge >= 0.3 is 5.97 Å². The summed E-state index contributed by atoms with van der Waals surface area (Å²) in [5.74, 6) is -0.893. The van der Waals surface area contributed by atoms with Gasteiger partial charge in [0.2, 0.25) is 6.04 Å². The van der Waals surface area contributed by atoms with Crippen LogP contribution in [0.5, 0.6) is 0 Å². The van der Waals surface area contributed by atoms with E-state index in [1.165, 1.54) is 7.11 Å². The monoisotopic (exact) mass is 318 g/mol. The van der Waals surface area contributed by atoms with Gasteiger partial charge in [0, 0.05) is 4.92 Å². The van der Waals surface area contributed by atoms with E-state index in [9.17, 15) is 14.9 Å². The van der Waals surface area contributed by atoms with Crippen LogP contribution in [0.15, 0.2) is 24.3 Å². The smallest absolute Gasteiger partial charge is 0.326 e. The summed E-state index contributed by atoms with van der Waals surface area (Å²) in [7, 11) is 1.35. The van der Waals surface area contributed by atoms with E-state index >= 15 is 0 Å². The Morgan fingerprint density at radius 1 is 1.39 bits per heavy atom. The van der Waals surface area contributed by atoms with Crippen molar-refractivity contribution >= 4 is 5.97 Å². The van der Waals surface area contributed by atoms with Crippen LogP contribution in [-0.4, -0.2) is 47.1 Å². The van der Waals surface area contributed by atoms with Crippen LogP contribution in [0.2, 0.25) is 0 Å². The quantitative estimate of drug-likeness (QED) is 0.485. The molecule has 2 fully saturated rings. The molecular formula is C17H22N2O4. The molecule has 0 amide bonds. The number of ether oxygens (including phenoxy) is 1. The number of rotatable bonds is 3. The van der Waals surface area contributed by atoms with Gasteiger partial charge in [-0.3, -0.25) is 19.8 Å². The number of hydrogen-bond donors (Lipinski definition) is 0.